The second-order valence-corrected chi connectivity index (χ2v) is 2.71. The summed E-state index contributed by atoms with van der Waals surface area (Å²) in [7, 11) is 1.19. The lowest BCUT2D eigenvalue weighted by atomic mass is 10.1. The third-order valence-electron chi connectivity index (χ3n) is 1.63. The van der Waals surface area contributed by atoms with Crippen molar-refractivity contribution in [1.29, 1.82) is 0 Å². The highest BCUT2D eigenvalue weighted by molar-refractivity contribution is 5.29. The van der Waals surface area contributed by atoms with Gasteiger partial charge in [-0.05, 0) is 12.1 Å². The monoisotopic (exact) mass is 217 g/mol. The first-order valence-corrected chi connectivity index (χ1v) is 3.97. The molecule has 80 valence electrons. The number of alkyl halides is 3. The topological polar surface area (TPSA) is 29.5 Å². The average molecular weight is 217 g/mol. The first-order valence-electron chi connectivity index (χ1n) is 3.97. The molecular weight excluding hydrogens is 209 g/mol. The Labute approximate surface area is 84.6 Å². The summed E-state index contributed by atoms with van der Waals surface area (Å²) in [6, 6.07) is 4.42. The van der Waals surface area contributed by atoms with Crippen LogP contribution in [0.15, 0.2) is 30.2 Å². The Morgan fingerprint density at radius 1 is 1.40 bits per heavy atom. The zero-order valence-electron chi connectivity index (χ0n) is 7.80. The summed E-state index contributed by atoms with van der Waals surface area (Å²) in [6.45, 7) is 0. The van der Waals surface area contributed by atoms with E-state index in [0.29, 0.717) is 0 Å². The summed E-state index contributed by atoms with van der Waals surface area (Å²) in [5, 5.41) is 8.91. The van der Waals surface area contributed by atoms with Gasteiger partial charge in [-0.3, -0.25) is 0 Å². The second kappa shape index (κ2) is 4.19. The van der Waals surface area contributed by atoms with Gasteiger partial charge in [-0.25, -0.2) is 0 Å². The van der Waals surface area contributed by atoms with Crippen molar-refractivity contribution in [2.45, 2.75) is 6.18 Å². The molecule has 0 saturated carbocycles. The maximum atomic E-state index is 12.3. The van der Waals surface area contributed by atoms with Gasteiger partial charge >= 0.3 is 12.1 Å². The highest BCUT2D eigenvalue weighted by Gasteiger charge is 2.33. The van der Waals surface area contributed by atoms with Crippen LogP contribution in [0.25, 0.3) is 0 Å². The van der Waals surface area contributed by atoms with Crippen LogP contribution in [-0.4, -0.2) is 12.2 Å². The van der Waals surface area contributed by atoms with Gasteiger partial charge in [0.25, 0.3) is 0 Å². The molecule has 15 heavy (non-hydrogen) atoms. The number of hydrogen-bond acceptors (Lipinski definition) is 2. The van der Waals surface area contributed by atoms with Gasteiger partial charge in [0, 0.05) is 0 Å². The molecule has 0 radical (unpaired) electrons. The number of aliphatic hydroxyl groups is 1. The van der Waals surface area contributed by atoms with Gasteiger partial charge in [-0.2, -0.15) is 13.2 Å². The molecule has 0 aliphatic heterocycles. The molecule has 0 aliphatic rings. The quantitative estimate of drug-likeness (QED) is 0.609. The minimum Gasteiger partial charge on any atom is -0.464 e. The van der Waals surface area contributed by atoms with Gasteiger partial charge in [0.15, 0.2) is 5.56 Å². The molecule has 0 spiro atoms. The Balaban J connectivity index is 3.04. The fraction of sp³-hybridized carbons (Fsp3) is 0.200. The predicted octanol–water partition coefficient (Wildman–Crippen LogP) is 2.90. The lowest BCUT2D eigenvalue weighted by molar-refractivity contribution is -0.137. The normalized spacial score (nSPS) is 12.1. The molecule has 0 amide bonds. The van der Waals surface area contributed by atoms with Crippen LogP contribution in [0.5, 0.6) is 0 Å². The molecule has 0 fully saturated rings. The molecule has 0 unspecified atom stereocenters. The van der Waals surface area contributed by atoms with Crippen LogP contribution >= 0.6 is 0 Å². The molecule has 1 N–H and O–H groups in total. The van der Waals surface area contributed by atoms with Gasteiger partial charge in [0.1, 0.15) is 11.6 Å². The third-order valence-corrected chi connectivity index (χ3v) is 1.63. The molecule has 1 aromatic carbocycles. The van der Waals surface area contributed by atoms with E-state index < -0.39 is 17.7 Å². The summed E-state index contributed by atoms with van der Waals surface area (Å²) >= 11 is 0. The summed E-state index contributed by atoms with van der Waals surface area (Å²) < 4.78 is 41.1. The van der Waals surface area contributed by atoms with Crippen LogP contribution in [-0.2, 0) is 10.9 Å². The first-order chi connectivity index (χ1) is 6.93. The Bertz CT molecular complexity index is 369. The van der Waals surface area contributed by atoms with E-state index in [0.717, 1.165) is 12.1 Å². The minimum absolute atomic E-state index is 0.101. The summed E-state index contributed by atoms with van der Waals surface area (Å²) in [4.78, 5) is 0. The summed E-state index contributed by atoms with van der Waals surface area (Å²) in [5.41, 5.74) is -0.694. The lowest BCUT2D eigenvalue weighted by Crippen LogP contribution is -2.04. The van der Waals surface area contributed by atoms with E-state index in [1.54, 1.807) is 0 Å². The van der Waals surface area contributed by atoms with Gasteiger partial charge < -0.3 is 9.84 Å². The van der Waals surface area contributed by atoms with E-state index in [9.17, 15) is 13.2 Å². The maximum absolute atomic E-state index is 12.3. The van der Waals surface area contributed by atoms with E-state index in [-0.39, 0.29) is 5.56 Å². The minimum atomic E-state index is -4.40. The van der Waals surface area contributed by atoms with Crippen LogP contribution in [0.2, 0.25) is 0 Å². The van der Waals surface area contributed by atoms with Crippen LogP contribution in [0.4, 0.5) is 13.2 Å². The highest BCUT2D eigenvalue weighted by atomic mass is 19.4. The SMILES string of the molecule is COC(O)=[C+]c1cccc(C(F)(F)F)c1. The standard InChI is InChI=1S/C10H7F3O2/c1-15-9(14)6-7-3-2-4-8(5-7)10(11,12)13/h2-5H,1H3/p+1. The van der Waals surface area contributed by atoms with Crippen molar-refractivity contribution < 1.29 is 23.0 Å². The molecule has 0 heterocycles. The Kier molecular flexibility index (Phi) is 3.17. The van der Waals surface area contributed by atoms with E-state index in [4.69, 9.17) is 5.11 Å². The van der Waals surface area contributed by atoms with E-state index in [2.05, 4.69) is 10.8 Å². The van der Waals surface area contributed by atoms with Crippen molar-refractivity contribution in [2.24, 2.45) is 0 Å². The number of rotatable bonds is 2. The Hall–Kier alpha value is -1.74. The number of benzene rings is 1. The van der Waals surface area contributed by atoms with E-state index in [1.807, 2.05) is 0 Å². The molecule has 0 saturated heterocycles. The molecule has 0 bridgehead atoms. The molecule has 0 atom stereocenters. The van der Waals surface area contributed by atoms with Gasteiger partial charge in [-0.1, -0.05) is 0 Å². The van der Waals surface area contributed by atoms with Crippen molar-refractivity contribution in [2.75, 3.05) is 7.11 Å². The molecule has 0 aliphatic carbocycles. The van der Waals surface area contributed by atoms with Crippen molar-refractivity contribution in [1.82, 2.24) is 0 Å². The number of ether oxygens (including phenoxy) is 1. The molecule has 5 heteroatoms. The van der Waals surface area contributed by atoms with Gasteiger partial charge in [-0.15, -0.1) is 0 Å². The van der Waals surface area contributed by atoms with E-state index >= 15 is 0 Å². The first kappa shape index (κ1) is 11.3. The van der Waals surface area contributed by atoms with Crippen molar-refractivity contribution in [3.8, 4) is 0 Å². The van der Waals surface area contributed by atoms with Crippen LogP contribution in [0.3, 0.4) is 0 Å². The van der Waals surface area contributed by atoms with Crippen LogP contribution in [0, 0.1) is 6.08 Å². The predicted molar refractivity (Wildman–Crippen MR) is 46.9 cm³/mol. The number of aliphatic hydroxyl groups excluding tert-OH is 1. The van der Waals surface area contributed by atoms with Crippen molar-refractivity contribution in [3.63, 3.8) is 0 Å². The fourth-order valence-electron chi connectivity index (χ4n) is 0.948. The van der Waals surface area contributed by atoms with Gasteiger partial charge in [0.2, 0.25) is 0 Å². The Morgan fingerprint density at radius 2 is 2.07 bits per heavy atom. The molecule has 2 nitrogen and oxygen atoms in total. The summed E-state index contributed by atoms with van der Waals surface area (Å²) in [5.74, 6) is -0.561. The van der Waals surface area contributed by atoms with Crippen LogP contribution < -0.4 is 0 Å². The van der Waals surface area contributed by atoms with Gasteiger partial charge in [0.05, 0.1) is 19.2 Å². The number of halogens is 3. The van der Waals surface area contributed by atoms with E-state index in [1.165, 1.54) is 19.2 Å². The zero-order chi connectivity index (χ0) is 11.5. The van der Waals surface area contributed by atoms with Crippen molar-refractivity contribution >= 4 is 0 Å². The maximum Gasteiger partial charge on any atom is 0.428 e. The summed E-state index contributed by atoms with van der Waals surface area (Å²) in [6.07, 6.45) is -2.15. The lowest BCUT2D eigenvalue weighted by Gasteiger charge is -2.02. The molecule has 0 aromatic heterocycles. The van der Waals surface area contributed by atoms with Crippen molar-refractivity contribution in [3.05, 3.63) is 47.4 Å². The second-order valence-electron chi connectivity index (χ2n) is 2.71. The Morgan fingerprint density at radius 3 is 2.60 bits per heavy atom. The fourth-order valence-corrected chi connectivity index (χ4v) is 0.948. The van der Waals surface area contributed by atoms with Crippen LogP contribution in [0.1, 0.15) is 11.1 Å². The highest BCUT2D eigenvalue weighted by Crippen LogP contribution is 2.29. The molecular formula is C10H8F3O2+. The molecule has 1 rings (SSSR count). The third kappa shape index (κ3) is 3.14. The smallest absolute Gasteiger partial charge is 0.428 e. The average Bonchev–Trinajstić information content (AvgIpc) is 2.17. The number of hydrogen-bond donors (Lipinski definition) is 1. The zero-order valence-corrected chi connectivity index (χ0v) is 7.80. The largest absolute Gasteiger partial charge is 0.464 e. The molecule has 1 aromatic rings. The number of methoxy groups -OCH3 is 1.